The Morgan fingerprint density at radius 3 is 2.11 bits per heavy atom. The van der Waals surface area contributed by atoms with Gasteiger partial charge in [-0.1, -0.05) is 18.2 Å². The number of aromatic nitrogens is 1. The Balaban J connectivity index is 1.36. The summed E-state index contributed by atoms with van der Waals surface area (Å²) < 4.78 is 78.6. The van der Waals surface area contributed by atoms with E-state index in [9.17, 15) is 31.1 Å². The van der Waals surface area contributed by atoms with Crippen LogP contribution in [0.25, 0.3) is 10.9 Å². The van der Waals surface area contributed by atoms with Gasteiger partial charge in [0.2, 0.25) is 0 Å². The summed E-state index contributed by atoms with van der Waals surface area (Å²) in [6.07, 6.45) is -6.96. The van der Waals surface area contributed by atoms with E-state index in [0.29, 0.717) is 12.1 Å². The molecule has 4 rings (SSSR count). The number of amides is 1. The summed E-state index contributed by atoms with van der Waals surface area (Å²) in [5, 5.41) is 7.05. The van der Waals surface area contributed by atoms with E-state index in [1.807, 2.05) is 49.3 Å². The third kappa shape index (κ3) is 6.49. The van der Waals surface area contributed by atoms with Gasteiger partial charge in [0.1, 0.15) is 5.82 Å². The minimum atomic E-state index is -5.01. The lowest BCUT2D eigenvalue weighted by molar-refractivity contribution is -0.143. The van der Waals surface area contributed by atoms with Crippen LogP contribution < -0.4 is 15.5 Å². The topological polar surface area (TPSA) is 57.3 Å². The van der Waals surface area contributed by atoms with Crippen LogP contribution in [-0.2, 0) is 12.4 Å². The van der Waals surface area contributed by atoms with Crippen LogP contribution in [-0.4, -0.2) is 37.6 Å². The van der Waals surface area contributed by atoms with E-state index in [1.165, 1.54) is 0 Å². The highest BCUT2D eigenvalue weighted by Crippen LogP contribution is 2.36. The van der Waals surface area contributed by atoms with Crippen LogP contribution >= 0.6 is 0 Å². The Bertz CT molecular complexity index is 1260. The molecule has 2 aromatic carbocycles. The number of nitrogens with zero attached hydrogens (tertiary/aromatic N) is 2. The number of pyridine rings is 1. The van der Waals surface area contributed by atoms with Gasteiger partial charge in [-0.3, -0.25) is 4.79 Å². The van der Waals surface area contributed by atoms with Crippen LogP contribution in [0.15, 0.2) is 48.5 Å². The SMILES string of the molecule is CN(C)c1cc(N[C@H]2CC[C@@H](CNC(=O)c3cc(C(F)(F)F)cc(C(F)(F)F)c3)CC2)nc2ccccc12. The zero-order chi connectivity index (χ0) is 27.7. The molecule has 2 N–H and O–H groups in total. The first-order chi connectivity index (χ1) is 17.8. The van der Waals surface area contributed by atoms with Gasteiger partial charge in [-0.05, 0) is 55.9 Å². The molecular weight excluding hydrogens is 510 g/mol. The zero-order valence-corrected chi connectivity index (χ0v) is 20.9. The number of hydrogen-bond donors (Lipinski definition) is 2. The highest BCUT2D eigenvalue weighted by atomic mass is 19.4. The smallest absolute Gasteiger partial charge is 0.377 e. The van der Waals surface area contributed by atoms with Gasteiger partial charge < -0.3 is 15.5 Å². The van der Waals surface area contributed by atoms with Crippen molar-refractivity contribution in [1.82, 2.24) is 10.3 Å². The van der Waals surface area contributed by atoms with Crippen LogP contribution in [0.3, 0.4) is 0 Å². The molecule has 0 aliphatic heterocycles. The minimum Gasteiger partial charge on any atom is -0.377 e. The fourth-order valence-corrected chi connectivity index (χ4v) is 4.75. The molecule has 11 heteroatoms. The summed E-state index contributed by atoms with van der Waals surface area (Å²) in [5.74, 6) is -0.139. The highest BCUT2D eigenvalue weighted by molar-refractivity contribution is 5.95. The Morgan fingerprint density at radius 2 is 1.53 bits per heavy atom. The molecule has 1 heterocycles. The van der Waals surface area contributed by atoms with Gasteiger partial charge in [-0.25, -0.2) is 4.98 Å². The molecule has 0 bridgehead atoms. The zero-order valence-electron chi connectivity index (χ0n) is 20.9. The Kier molecular flexibility index (Phi) is 7.75. The third-order valence-electron chi connectivity index (χ3n) is 6.78. The van der Waals surface area contributed by atoms with Crippen LogP contribution in [0.2, 0.25) is 0 Å². The third-order valence-corrected chi connectivity index (χ3v) is 6.78. The van der Waals surface area contributed by atoms with Crippen molar-refractivity contribution in [3.8, 4) is 0 Å². The lowest BCUT2D eigenvalue weighted by Crippen LogP contribution is -2.34. The molecular formula is C27H28F6N4O. The fraction of sp³-hybridized carbons (Fsp3) is 0.407. The van der Waals surface area contributed by atoms with E-state index < -0.39 is 35.0 Å². The van der Waals surface area contributed by atoms with Gasteiger partial charge in [0.25, 0.3) is 5.91 Å². The number of benzene rings is 2. The maximum absolute atomic E-state index is 13.1. The second kappa shape index (κ2) is 10.7. The molecule has 0 atom stereocenters. The lowest BCUT2D eigenvalue weighted by atomic mass is 9.86. The lowest BCUT2D eigenvalue weighted by Gasteiger charge is -2.30. The van der Waals surface area contributed by atoms with Crippen LogP contribution in [0.4, 0.5) is 37.8 Å². The number of anilines is 2. The summed E-state index contributed by atoms with van der Waals surface area (Å²) in [6.45, 7) is 0.169. The average molecular weight is 539 g/mol. The molecule has 1 saturated carbocycles. The summed E-state index contributed by atoms with van der Waals surface area (Å²) >= 11 is 0. The van der Waals surface area contributed by atoms with Crippen LogP contribution in [0.5, 0.6) is 0 Å². The van der Waals surface area contributed by atoms with Gasteiger partial charge in [0, 0.05) is 49.4 Å². The van der Waals surface area contributed by atoms with Gasteiger partial charge in [0.15, 0.2) is 0 Å². The van der Waals surface area contributed by atoms with E-state index in [2.05, 4.69) is 10.6 Å². The summed E-state index contributed by atoms with van der Waals surface area (Å²) in [7, 11) is 3.93. The monoisotopic (exact) mass is 538 g/mol. The minimum absolute atomic E-state index is 0.0109. The van der Waals surface area contributed by atoms with E-state index >= 15 is 0 Å². The van der Waals surface area contributed by atoms with Crippen molar-refractivity contribution in [2.75, 3.05) is 30.9 Å². The normalized spacial score (nSPS) is 18.3. The number of fused-ring (bicyclic) bond motifs is 1. The van der Waals surface area contributed by atoms with E-state index in [4.69, 9.17) is 4.98 Å². The predicted molar refractivity (Wildman–Crippen MR) is 134 cm³/mol. The first-order valence-electron chi connectivity index (χ1n) is 12.2. The molecule has 38 heavy (non-hydrogen) atoms. The molecule has 0 spiro atoms. The Morgan fingerprint density at radius 1 is 0.921 bits per heavy atom. The van der Waals surface area contributed by atoms with Crippen molar-refractivity contribution >= 4 is 28.3 Å². The molecule has 0 saturated heterocycles. The first kappa shape index (κ1) is 27.5. The fourth-order valence-electron chi connectivity index (χ4n) is 4.75. The van der Waals surface area contributed by atoms with Crippen molar-refractivity contribution in [3.63, 3.8) is 0 Å². The second-order valence-electron chi connectivity index (χ2n) is 9.80. The van der Waals surface area contributed by atoms with E-state index in [0.717, 1.165) is 48.1 Å². The number of carbonyl (C=O) groups is 1. The molecule has 5 nitrogen and oxygen atoms in total. The Hall–Kier alpha value is -3.50. The van der Waals surface area contributed by atoms with Crippen molar-refractivity contribution in [1.29, 1.82) is 0 Å². The molecule has 1 aromatic heterocycles. The van der Waals surface area contributed by atoms with Gasteiger partial charge in [-0.2, -0.15) is 26.3 Å². The maximum atomic E-state index is 13.1. The van der Waals surface area contributed by atoms with E-state index in [-0.39, 0.29) is 24.6 Å². The van der Waals surface area contributed by atoms with Gasteiger partial charge in [-0.15, -0.1) is 0 Å². The summed E-state index contributed by atoms with van der Waals surface area (Å²) in [5.41, 5.74) is -1.77. The van der Waals surface area contributed by atoms with Crippen molar-refractivity contribution in [2.24, 2.45) is 5.92 Å². The predicted octanol–water partition coefficient (Wildman–Crippen LogP) is 6.74. The molecule has 0 unspecified atom stereocenters. The summed E-state index contributed by atoms with van der Waals surface area (Å²) in [4.78, 5) is 19.2. The number of alkyl halides is 6. The molecule has 1 aliphatic rings. The van der Waals surface area contributed by atoms with Gasteiger partial charge in [0.05, 0.1) is 16.6 Å². The Labute approximate surface area is 216 Å². The molecule has 1 fully saturated rings. The standard InChI is InChI=1S/C27H28F6N4O/c1-37(2)23-14-24(36-22-6-4-3-5-21(22)23)35-20-9-7-16(8-10-20)15-34-25(38)17-11-18(26(28,29)30)13-19(12-17)27(31,32)33/h3-6,11-14,16,20H,7-10,15H2,1-2H3,(H,34,38)(H,35,36)/t16-,20+. The number of nitrogens with one attached hydrogen (secondary N) is 2. The average Bonchev–Trinajstić information content (AvgIpc) is 2.86. The van der Waals surface area contributed by atoms with Crippen molar-refractivity contribution in [2.45, 2.75) is 44.1 Å². The van der Waals surface area contributed by atoms with Gasteiger partial charge >= 0.3 is 12.4 Å². The van der Waals surface area contributed by atoms with Crippen LogP contribution in [0, 0.1) is 5.92 Å². The molecule has 1 amide bonds. The molecule has 204 valence electrons. The number of rotatable bonds is 6. The summed E-state index contributed by atoms with van der Waals surface area (Å²) in [6, 6.07) is 10.9. The highest BCUT2D eigenvalue weighted by Gasteiger charge is 2.37. The number of carbonyl (C=O) groups excluding carboxylic acids is 1. The molecule has 1 aliphatic carbocycles. The van der Waals surface area contributed by atoms with Crippen molar-refractivity contribution < 1.29 is 31.1 Å². The number of hydrogen-bond acceptors (Lipinski definition) is 4. The van der Waals surface area contributed by atoms with Crippen molar-refractivity contribution in [3.05, 3.63) is 65.2 Å². The van der Waals surface area contributed by atoms with Crippen LogP contribution in [0.1, 0.15) is 47.2 Å². The number of para-hydroxylation sites is 1. The second-order valence-corrected chi connectivity index (χ2v) is 9.80. The quantitative estimate of drug-likeness (QED) is 0.342. The first-order valence-corrected chi connectivity index (χ1v) is 12.2. The molecule has 3 aromatic rings. The largest absolute Gasteiger partial charge is 0.416 e. The molecule has 0 radical (unpaired) electrons. The number of halogens is 6. The maximum Gasteiger partial charge on any atom is 0.416 e. The van der Waals surface area contributed by atoms with E-state index in [1.54, 1.807) is 0 Å².